The molecule has 4 rings (SSSR count). The van der Waals surface area contributed by atoms with Gasteiger partial charge in [0.1, 0.15) is 18.1 Å². The van der Waals surface area contributed by atoms with Crippen molar-refractivity contribution in [2.45, 2.75) is 26.0 Å². The first kappa shape index (κ1) is 20.2. The molecule has 0 radical (unpaired) electrons. The van der Waals surface area contributed by atoms with Crippen LogP contribution in [0.15, 0.2) is 47.7 Å². The van der Waals surface area contributed by atoms with E-state index in [-0.39, 0.29) is 30.2 Å². The number of carboxylic acid groups (broad SMARTS) is 1. The molecule has 2 aliphatic heterocycles. The summed E-state index contributed by atoms with van der Waals surface area (Å²) < 4.78 is 6.10. The molecule has 0 aromatic heterocycles. The highest BCUT2D eigenvalue weighted by atomic mass is 16.5. The average molecular weight is 410 g/mol. The van der Waals surface area contributed by atoms with Crippen LogP contribution in [0.3, 0.4) is 0 Å². The summed E-state index contributed by atoms with van der Waals surface area (Å²) in [5.41, 5.74) is 1.63. The third kappa shape index (κ3) is 2.92. The zero-order chi connectivity index (χ0) is 21.7. The lowest BCUT2D eigenvalue weighted by molar-refractivity contribution is -0.163. The first-order chi connectivity index (χ1) is 14.2. The van der Waals surface area contributed by atoms with Gasteiger partial charge in [-0.15, -0.1) is 0 Å². The number of hydrogen-bond donors (Lipinski definition) is 2. The molecule has 2 N–H and O–H groups in total. The fourth-order valence-corrected chi connectivity index (χ4v) is 4.77. The van der Waals surface area contributed by atoms with Crippen LogP contribution in [-0.2, 0) is 9.59 Å². The fraction of sp³-hybridized carbons (Fsp3) is 0.391. The molecule has 2 aromatic rings. The Kier molecular flexibility index (Phi) is 4.94. The van der Waals surface area contributed by atoms with Crippen molar-refractivity contribution in [2.75, 3.05) is 25.6 Å². The minimum absolute atomic E-state index is 0.0105. The van der Waals surface area contributed by atoms with E-state index in [1.54, 1.807) is 6.92 Å². The molecule has 0 spiro atoms. The van der Waals surface area contributed by atoms with Crippen LogP contribution >= 0.6 is 0 Å². The number of aliphatic hydroxyl groups is 1. The Bertz CT molecular complexity index is 1060. The third-order valence-corrected chi connectivity index (χ3v) is 6.24. The van der Waals surface area contributed by atoms with Crippen molar-refractivity contribution < 1.29 is 24.5 Å². The van der Waals surface area contributed by atoms with E-state index in [0.717, 1.165) is 16.5 Å². The monoisotopic (exact) mass is 410 g/mol. The zero-order valence-corrected chi connectivity index (χ0v) is 17.5. The summed E-state index contributed by atoms with van der Waals surface area (Å²) in [6.07, 6.45) is -0.820. The molecule has 0 aliphatic carbocycles. The standard InChI is InChI=1S/C23H26N2O5/c1-12-16(21(23(28)29)25-20(12)19(13(2)26)22(25)27)11-30-18-10-6-7-14-15(18)8-5-9-17(14)24(3)4/h5-10,12-13,19-20,26H,11H2,1-4H3,(H,28,29)/t12-,13+,19+,20+/m0/s1. The van der Waals surface area contributed by atoms with Crippen LogP contribution < -0.4 is 9.64 Å². The lowest BCUT2D eigenvalue weighted by Gasteiger charge is -2.46. The first-order valence-corrected chi connectivity index (χ1v) is 10.0. The SMILES string of the molecule is C[C@@H](O)[C@H]1C(=O)N2C(C(=O)O)=C(COc3cccc4c(N(C)C)cccc34)[C@H](C)[C@H]12. The maximum atomic E-state index is 12.5. The Hall–Kier alpha value is -3.06. The number of ether oxygens (including phenoxy) is 1. The van der Waals surface area contributed by atoms with Crippen molar-refractivity contribution in [1.29, 1.82) is 0 Å². The molecule has 0 unspecified atom stereocenters. The van der Waals surface area contributed by atoms with Gasteiger partial charge in [0.05, 0.1) is 18.1 Å². The molecule has 1 fully saturated rings. The van der Waals surface area contributed by atoms with Crippen molar-refractivity contribution in [3.63, 3.8) is 0 Å². The zero-order valence-electron chi connectivity index (χ0n) is 17.5. The molecule has 158 valence electrons. The van der Waals surface area contributed by atoms with Crippen molar-refractivity contribution >= 4 is 28.3 Å². The normalized spacial score (nSPS) is 24.0. The molecule has 4 atom stereocenters. The van der Waals surface area contributed by atoms with Crippen LogP contribution in [0, 0.1) is 11.8 Å². The second-order valence-corrected chi connectivity index (χ2v) is 8.24. The minimum atomic E-state index is -1.15. The van der Waals surface area contributed by atoms with Gasteiger partial charge in [-0.25, -0.2) is 4.79 Å². The molecule has 2 aromatic carbocycles. The van der Waals surface area contributed by atoms with Gasteiger partial charge in [0.2, 0.25) is 5.91 Å². The molecule has 2 heterocycles. The quantitative estimate of drug-likeness (QED) is 0.711. The lowest BCUT2D eigenvalue weighted by Crippen LogP contribution is -2.63. The van der Waals surface area contributed by atoms with Gasteiger partial charge in [0, 0.05) is 42.0 Å². The van der Waals surface area contributed by atoms with E-state index >= 15 is 0 Å². The molecule has 1 amide bonds. The number of amides is 1. The largest absolute Gasteiger partial charge is 0.488 e. The van der Waals surface area contributed by atoms with Gasteiger partial charge in [-0.3, -0.25) is 4.79 Å². The lowest BCUT2D eigenvalue weighted by atomic mass is 9.78. The predicted octanol–water partition coefficient (Wildman–Crippen LogP) is 2.48. The van der Waals surface area contributed by atoms with Crippen molar-refractivity contribution in [1.82, 2.24) is 4.90 Å². The van der Waals surface area contributed by atoms with E-state index in [4.69, 9.17) is 4.74 Å². The third-order valence-electron chi connectivity index (χ3n) is 6.24. The second-order valence-electron chi connectivity index (χ2n) is 8.24. The van der Waals surface area contributed by atoms with Crippen molar-refractivity contribution in [2.24, 2.45) is 11.8 Å². The summed E-state index contributed by atoms with van der Waals surface area (Å²) in [4.78, 5) is 27.7. The number of carbonyl (C=O) groups is 2. The highest BCUT2D eigenvalue weighted by Gasteiger charge is 2.59. The maximum absolute atomic E-state index is 12.5. The van der Waals surface area contributed by atoms with E-state index < -0.39 is 18.0 Å². The predicted molar refractivity (Wildman–Crippen MR) is 113 cm³/mol. The van der Waals surface area contributed by atoms with E-state index in [1.165, 1.54) is 4.90 Å². The Morgan fingerprint density at radius 2 is 1.87 bits per heavy atom. The fourth-order valence-electron chi connectivity index (χ4n) is 4.77. The van der Waals surface area contributed by atoms with Crippen LogP contribution in [0.4, 0.5) is 5.69 Å². The summed E-state index contributed by atoms with van der Waals surface area (Å²) in [5.74, 6) is -1.61. The summed E-state index contributed by atoms with van der Waals surface area (Å²) in [6.45, 7) is 3.53. The van der Waals surface area contributed by atoms with Crippen LogP contribution in [0.2, 0.25) is 0 Å². The summed E-state index contributed by atoms with van der Waals surface area (Å²) >= 11 is 0. The van der Waals surface area contributed by atoms with E-state index in [2.05, 4.69) is 0 Å². The maximum Gasteiger partial charge on any atom is 0.352 e. The van der Waals surface area contributed by atoms with Crippen LogP contribution in [0.1, 0.15) is 13.8 Å². The number of carbonyl (C=O) groups excluding carboxylic acids is 1. The molecule has 1 saturated heterocycles. The number of fused-ring (bicyclic) bond motifs is 2. The Morgan fingerprint density at radius 3 is 2.50 bits per heavy atom. The molecule has 2 aliphatic rings. The number of rotatable bonds is 6. The first-order valence-electron chi connectivity index (χ1n) is 10.0. The number of nitrogens with zero attached hydrogens (tertiary/aromatic N) is 2. The number of aliphatic carboxylic acids is 1. The molecule has 0 saturated carbocycles. The smallest absolute Gasteiger partial charge is 0.352 e. The molecule has 30 heavy (non-hydrogen) atoms. The van der Waals surface area contributed by atoms with Gasteiger partial charge in [-0.05, 0) is 19.1 Å². The minimum Gasteiger partial charge on any atom is -0.488 e. The number of carboxylic acids is 1. The number of hydrogen-bond acceptors (Lipinski definition) is 5. The number of anilines is 1. The van der Waals surface area contributed by atoms with Crippen molar-refractivity contribution in [3.05, 3.63) is 47.7 Å². The van der Waals surface area contributed by atoms with E-state index in [9.17, 15) is 19.8 Å². The van der Waals surface area contributed by atoms with Gasteiger partial charge >= 0.3 is 5.97 Å². The number of aliphatic hydroxyl groups excluding tert-OH is 1. The second kappa shape index (κ2) is 7.32. The molecule has 0 bridgehead atoms. The topological polar surface area (TPSA) is 90.3 Å². The van der Waals surface area contributed by atoms with Gasteiger partial charge in [0.25, 0.3) is 0 Å². The molecule has 7 nitrogen and oxygen atoms in total. The van der Waals surface area contributed by atoms with Gasteiger partial charge < -0.3 is 24.7 Å². The van der Waals surface area contributed by atoms with Crippen LogP contribution in [0.25, 0.3) is 10.8 Å². The number of benzene rings is 2. The summed E-state index contributed by atoms with van der Waals surface area (Å²) in [7, 11) is 3.96. The Balaban J connectivity index is 1.66. The van der Waals surface area contributed by atoms with Crippen LogP contribution in [0.5, 0.6) is 5.75 Å². The molecule has 7 heteroatoms. The summed E-state index contributed by atoms with van der Waals surface area (Å²) in [5, 5.41) is 21.7. The van der Waals surface area contributed by atoms with Gasteiger partial charge in [-0.1, -0.05) is 31.2 Å². The average Bonchev–Trinajstić information content (AvgIpc) is 2.93. The van der Waals surface area contributed by atoms with Crippen molar-refractivity contribution in [3.8, 4) is 5.75 Å². The van der Waals surface area contributed by atoms with Gasteiger partial charge in [-0.2, -0.15) is 0 Å². The highest BCUT2D eigenvalue weighted by Crippen LogP contribution is 2.47. The molecular weight excluding hydrogens is 384 g/mol. The Labute approximate surface area is 175 Å². The molecular formula is C23H26N2O5. The van der Waals surface area contributed by atoms with E-state index in [1.807, 2.05) is 62.3 Å². The number of β-lactam (4-membered cyclic amide) rings is 1. The van der Waals surface area contributed by atoms with Crippen LogP contribution in [-0.4, -0.2) is 59.8 Å². The van der Waals surface area contributed by atoms with Gasteiger partial charge in [0.15, 0.2) is 0 Å². The van der Waals surface area contributed by atoms with E-state index in [0.29, 0.717) is 11.3 Å². The summed E-state index contributed by atoms with van der Waals surface area (Å²) in [6, 6.07) is 11.4. The Morgan fingerprint density at radius 1 is 1.20 bits per heavy atom. The highest BCUT2D eigenvalue weighted by molar-refractivity contribution is 6.00.